The highest BCUT2D eigenvalue weighted by atomic mass is 15.1. The average molecular weight is 483 g/mol. The number of rotatable bonds is 5. The van der Waals surface area contributed by atoms with Crippen molar-refractivity contribution in [2.75, 3.05) is 20.1 Å². The SMILES string of the molecule is C=C(/C=c1/ccccc1=C(C)N1CCCC[C@H](C)C1)C(=NC)c1cc(C2CCCCCC2)ccc1C. The zero-order valence-electron chi connectivity index (χ0n) is 23.2. The summed E-state index contributed by atoms with van der Waals surface area (Å²) < 4.78 is 0. The number of likely N-dealkylation sites (tertiary alicyclic amines) is 1. The topological polar surface area (TPSA) is 15.6 Å². The van der Waals surface area contributed by atoms with Gasteiger partial charge in [-0.1, -0.05) is 82.0 Å². The van der Waals surface area contributed by atoms with E-state index >= 15 is 0 Å². The highest BCUT2D eigenvalue weighted by Crippen LogP contribution is 2.33. The number of aliphatic imine (C=N–C) groups is 1. The van der Waals surface area contributed by atoms with Gasteiger partial charge in [-0.3, -0.25) is 4.99 Å². The molecule has 1 aliphatic heterocycles. The molecule has 4 rings (SSSR count). The number of allylic oxidation sites excluding steroid dienone is 1. The number of hydrogen-bond acceptors (Lipinski definition) is 2. The van der Waals surface area contributed by atoms with Gasteiger partial charge >= 0.3 is 0 Å². The molecule has 0 aromatic heterocycles. The average Bonchev–Trinajstić information content (AvgIpc) is 3.28. The second-order valence-electron chi connectivity index (χ2n) is 11.2. The van der Waals surface area contributed by atoms with Crippen LogP contribution < -0.4 is 10.4 Å². The van der Waals surface area contributed by atoms with Crippen LogP contribution in [0.4, 0.5) is 0 Å². The third-order valence-electron chi connectivity index (χ3n) is 8.43. The Labute approximate surface area is 219 Å². The summed E-state index contributed by atoms with van der Waals surface area (Å²) in [6.45, 7) is 13.7. The maximum Gasteiger partial charge on any atom is 0.0712 e. The fourth-order valence-electron chi connectivity index (χ4n) is 6.24. The van der Waals surface area contributed by atoms with E-state index < -0.39 is 0 Å². The van der Waals surface area contributed by atoms with Gasteiger partial charge < -0.3 is 4.90 Å². The van der Waals surface area contributed by atoms with Crippen LogP contribution in [0.2, 0.25) is 0 Å². The zero-order valence-corrected chi connectivity index (χ0v) is 23.2. The van der Waals surface area contributed by atoms with Crippen molar-refractivity contribution in [3.05, 3.63) is 81.7 Å². The molecule has 36 heavy (non-hydrogen) atoms. The van der Waals surface area contributed by atoms with Gasteiger partial charge in [0, 0.05) is 36.6 Å². The molecule has 2 heteroatoms. The lowest BCUT2D eigenvalue weighted by Crippen LogP contribution is -2.35. The van der Waals surface area contributed by atoms with E-state index in [1.165, 1.54) is 90.6 Å². The van der Waals surface area contributed by atoms with Gasteiger partial charge in [0.25, 0.3) is 0 Å². The molecule has 0 amide bonds. The van der Waals surface area contributed by atoms with Crippen molar-refractivity contribution in [3.8, 4) is 0 Å². The molecule has 2 nitrogen and oxygen atoms in total. The lowest BCUT2D eigenvalue weighted by Gasteiger charge is -2.26. The van der Waals surface area contributed by atoms with E-state index in [2.05, 4.69) is 80.8 Å². The first kappa shape index (κ1) is 26.5. The summed E-state index contributed by atoms with van der Waals surface area (Å²) in [5.74, 6) is 1.42. The van der Waals surface area contributed by atoms with E-state index in [4.69, 9.17) is 4.99 Å². The number of benzene rings is 2. The quantitative estimate of drug-likeness (QED) is 0.327. The summed E-state index contributed by atoms with van der Waals surface area (Å²) in [7, 11) is 1.91. The summed E-state index contributed by atoms with van der Waals surface area (Å²) in [5, 5.41) is 2.54. The van der Waals surface area contributed by atoms with E-state index in [0.717, 1.165) is 30.3 Å². The van der Waals surface area contributed by atoms with Gasteiger partial charge in [-0.05, 0) is 85.4 Å². The second kappa shape index (κ2) is 12.6. The fourth-order valence-corrected chi connectivity index (χ4v) is 6.24. The van der Waals surface area contributed by atoms with E-state index in [0.29, 0.717) is 5.92 Å². The predicted molar refractivity (Wildman–Crippen MR) is 157 cm³/mol. The fraction of sp³-hybridized carbons (Fsp3) is 0.500. The van der Waals surface area contributed by atoms with Crippen LogP contribution in [0.1, 0.15) is 94.2 Å². The summed E-state index contributed by atoms with van der Waals surface area (Å²) in [5.41, 5.74) is 7.37. The molecule has 2 aliphatic rings. The first-order valence-electron chi connectivity index (χ1n) is 14.3. The van der Waals surface area contributed by atoms with Gasteiger partial charge in [-0.2, -0.15) is 0 Å². The minimum atomic E-state index is 0.677. The van der Waals surface area contributed by atoms with Crippen molar-refractivity contribution in [1.29, 1.82) is 0 Å². The normalized spacial score (nSPS) is 21.7. The monoisotopic (exact) mass is 482 g/mol. The molecular weight excluding hydrogens is 436 g/mol. The van der Waals surface area contributed by atoms with Gasteiger partial charge in [0.2, 0.25) is 0 Å². The maximum absolute atomic E-state index is 4.78. The summed E-state index contributed by atoms with van der Waals surface area (Å²) in [6.07, 6.45) is 14.3. The second-order valence-corrected chi connectivity index (χ2v) is 11.2. The number of hydrogen-bond donors (Lipinski definition) is 0. The standard InChI is InChI=1S/C34H46N2/c1-25-14-12-13-21-36(24-25)28(4)32-18-11-10-17-31(32)22-27(3)34(35-5)33-23-30(20-19-26(33)2)29-15-8-6-7-9-16-29/h10-11,17-20,22-23,25,29H,3,6-9,12-16,21,24H2,1-2,4-5H3/b31-22-,32-28?,35-34?/t25-/m0/s1. The van der Waals surface area contributed by atoms with Crippen molar-refractivity contribution in [2.24, 2.45) is 10.9 Å². The summed E-state index contributed by atoms with van der Waals surface area (Å²) in [4.78, 5) is 7.37. The Balaban J connectivity index is 1.69. The lowest BCUT2D eigenvalue weighted by molar-refractivity contribution is 0.358. The first-order chi connectivity index (χ1) is 17.5. The van der Waals surface area contributed by atoms with Crippen LogP contribution in [0.15, 0.2) is 59.6 Å². The van der Waals surface area contributed by atoms with Crippen LogP contribution in [0, 0.1) is 12.8 Å². The van der Waals surface area contributed by atoms with Gasteiger partial charge in [-0.25, -0.2) is 0 Å². The first-order valence-corrected chi connectivity index (χ1v) is 14.3. The van der Waals surface area contributed by atoms with Crippen LogP contribution in [0.5, 0.6) is 0 Å². The Bertz CT molecular complexity index is 1190. The maximum atomic E-state index is 4.78. The van der Waals surface area contributed by atoms with Crippen LogP contribution in [-0.2, 0) is 0 Å². The molecule has 0 spiro atoms. The molecule has 1 saturated carbocycles. The van der Waals surface area contributed by atoms with Crippen LogP contribution >= 0.6 is 0 Å². The van der Waals surface area contributed by atoms with Crippen molar-refractivity contribution >= 4 is 17.5 Å². The Kier molecular flexibility index (Phi) is 9.24. The highest BCUT2D eigenvalue weighted by molar-refractivity contribution is 6.17. The van der Waals surface area contributed by atoms with Crippen molar-refractivity contribution < 1.29 is 0 Å². The molecule has 0 bridgehead atoms. The molecular formula is C34H46N2. The zero-order chi connectivity index (χ0) is 25.5. The van der Waals surface area contributed by atoms with E-state index in [1.807, 2.05) is 7.05 Å². The van der Waals surface area contributed by atoms with Crippen LogP contribution in [0.3, 0.4) is 0 Å². The Morgan fingerprint density at radius 1 is 0.972 bits per heavy atom. The molecule has 192 valence electrons. The van der Waals surface area contributed by atoms with Gasteiger partial charge in [0.1, 0.15) is 0 Å². The summed E-state index contributed by atoms with van der Waals surface area (Å²) >= 11 is 0. The lowest BCUT2D eigenvalue weighted by atomic mass is 9.87. The minimum absolute atomic E-state index is 0.677. The Morgan fingerprint density at radius 2 is 1.69 bits per heavy atom. The molecule has 1 aliphatic carbocycles. The smallest absolute Gasteiger partial charge is 0.0712 e. The van der Waals surface area contributed by atoms with Crippen molar-refractivity contribution in [2.45, 2.75) is 84.5 Å². The third kappa shape index (κ3) is 6.38. The molecule has 2 aromatic carbocycles. The molecule has 2 aromatic rings. The van der Waals surface area contributed by atoms with Crippen molar-refractivity contribution in [1.82, 2.24) is 4.90 Å². The van der Waals surface area contributed by atoms with Crippen LogP contribution in [0.25, 0.3) is 11.8 Å². The molecule has 1 atom stereocenters. The highest BCUT2D eigenvalue weighted by Gasteiger charge is 2.18. The van der Waals surface area contributed by atoms with E-state index in [9.17, 15) is 0 Å². The van der Waals surface area contributed by atoms with E-state index in [1.54, 1.807) is 0 Å². The van der Waals surface area contributed by atoms with Gasteiger partial charge in [-0.15, -0.1) is 0 Å². The predicted octanol–water partition coefficient (Wildman–Crippen LogP) is 7.14. The van der Waals surface area contributed by atoms with Gasteiger partial charge in [0.05, 0.1) is 5.71 Å². The molecule has 0 N–H and O–H groups in total. The molecule has 2 fully saturated rings. The Morgan fingerprint density at radius 3 is 2.44 bits per heavy atom. The molecule has 0 radical (unpaired) electrons. The van der Waals surface area contributed by atoms with Crippen molar-refractivity contribution in [3.63, 3.8) is 0 Å². The number of nitrogens with zero attached hydrogens (tertiary/aromatic N) is 2. The number of aryl methyl sites for hydroxylation is 1. The largest absolute Gasteiger partial charge is 0.374 e. The molecule has 0 unspecified atom stereocenters. The van der Waals surface area contributed by atoms with Crippen LogP contribution in [-0.4, -0.2) is 30.7 Å². The van der Waals surface area contributed by atoms with Gasteiger partial charge in [0.15, 0.2) is 0 Å². The summed E-state index contributed by atoms with van der Waals surface area (Å²) in [6, 6.07) is 15.9. The molecule has 1 heterocycles. The Hall–Kier alpha value is -2.61. The minimum Gasteiger partial charge on any atom is -0.374 e. The molecule has 1 saturated heterocycles. The van der Waals surface area contributed by atoms with E-state index in [-0.39, 0.29) is 0 Å². The third-order valence-corrected chi connectivity index (χ3v) is 8.43.